The summed E-state index contributed by atoms with van der Waals surface area (Å²) in [5.74, 6) is 0.110. The minimum Gasteiger partial charge on any atom is -0.469 e. The van der Waals surface area contributed by atoms with Crippen LogP contribution < -0.4 is 5.32 Å². The first-order valence-electron chi connectivity index (χ1n) is 8.06. The molecule has 1 atom stereocenters. The summed E-state index contributed by atoms with van der Waals surface area (Å²) in [6.45, 7) is 0.680. The van der Waals surface area contributed by atoms with Gasteiger partial charge in [-0.3, -0.25) is 4.79 Å². The van der Waals surface area contributed by atoms with E-state index >= 15 is 0 Å². The highest BCUT2D eigenvalue weighted by molar-refractivity contribution is 5.79. The van der Waals surface area contributed by atoms with E-state index < -0.39 is 0 Å². The van der Waals surface area contributed by atoms with Gasteiger partial charge in [-0.2, -0.15) is 5.26 Å². The van der Waals surface area contributed by atoms with E-state index in [1.165, 1.54) is 19.5 Å². The van der Waals surface area contributed by atoms with Crippen LogP contribution in [0.25, 0.3) is 11.4 Å². The van der Waals surface area contributed by atoms with Crippen molar-refractivity contribution >= 4 is 12.0 Å². The van der Waals surface area contributed by atoms with Crippen LogP contribution in [0.3, 0.4) is 0 Å². The topological polar surface area (TPSA) is 108 Å². The number of carbonyl (C=O) groups excluding carboxylic acids is 2. The number of ether oxygens (including phenoxy) is 1. The Balaban J connectivity index is 1.91. The molecule has 132 valence electrons. The quantitative estimate of drug-likeness (QED) is 0.821. The van der Waals surface area contributed by atoms with Crippen molar-refractivity contribution in [2.45, 2.75) is 12.5 Å². The Labute approximate surface area is 150 Å². The maximum Gasteiger partial charge on any atom is 0.318 e. The van der Waals surface area contributed by atoms with E-state index in [9.17, 15) is 9.59 Å². The lowest BCUT2D eigenvalue weighted by atomic mass is 9.99. The molecule has 8 nitrogen and oxygen atoms in total. The van der Waals surface area contributed by atoms with E-state index in [0.29, 0.717) is 17.9 Å². The zero-order chi connectivity index (χ0) is 18.5. The summed E-state index contributed by atoms with van der Waals surface area (Å²) in [5.41, 5.74) is 2.03. The van der Waals surface area contributed by atoms with Gasteiger partial charge in [-0.15, -0.1) is 0 Å². The monoisotopic (exact) mass is 351 g/mol. The third-order valence-electron chi connectivity index (χ3n) is 4.21. The summed E-state index contributed by atoms with van der Waals surface area (Å²) in [5, 5.41) is 11.7. The van der Waals surface area contributed by atoms with Crippen molar-refractivity contribution < 1.29 is 14.3 Å². The lowest BCUT2D eigenvalue weighted by molar-refractivity contribution is -0.140. The molecule has 0 spiro atoms. The molecule has 0 bridgehead atoms. The Morgan fingerprint density at radius 3 is 2.81 bits per heavy atom. The molecule has 1 aliphatic heterocycles. The second-order valence-electron chi connectivity index (χ2n) is 5.72. The molecule has 26 heavy (non-hydrogen) atoms. The van der Waals surface area contributed by atoms with E-state index in [0.717, 1.165) is 11.1 Å². The van der Waals surface area contributed by atoms with Crippen molar-refractivity contribution in [3.63, 3.8) is 0 Å². The number of hydrogen-bond acceptors (Lipinski definition) is 6. The van der Waals surface area contributed by atoms with Crippen LogP contribution in [0.2, 0.25) is 0 Å². The van der Waals surface area contributed by atoms with Crippen molar-refractivity contribution in [2.24, 2.45) is 0 Å². The van der Waals surface area contributed by atoms with Crippen molar-refractivity contribution in [1.29, 1.82) is 5.26 Å². The van der Waals surface area contributed by atoms with E-state index in [1.54, 1.807) is 4.90 Å². The average molecular weight is 351 g/mol. The Morgan fingerprint density at radius 1 is 1.38 bits per heavy atom. The van der Waals surface area contributed by atoms with Crippen LogP contribution in [-0.4, -0.2) is 47.1 Å². The van der Waals surface area contributed by atoms with Crippen LogP contribution in [0.5, 0.6) is 0 Å². The van der Waals surface area contributed by atoms with E-state index in [1.807, 2.05) is 30.3 Å². The minimum absolute atomic E-state index is 0.121. The maximum atomic E-state index is 12.2. The number of nitrogens with zero attached hydrogens (tertiary/aromatic N) is 4. The second-order valence-corrected chi connectivity index (χ2v) is 5.72. The molecule has 1 saturated heterocycles. The molecule has 1 aliphatic rings. The first kappa shape index (κ1) is 17.4. The number of amides is 2. The largest absolute Gasteiger partial charge is 0.469 e. The maximum absolute atomic E-state index is 12.2. The highest BCUT2D eigenvalue weighted by Crippen LogP contribution is 2.31. The highest BCUT2D eigenvalue weighted by Gasteiger charge is 2.33. The predicted molar refractivity (Wildman–Crippen MR) is 91.7 cm³/mol. The van der Waals surface area contributed by atoms with Gasteiger partial charge in [0.15, 0.2) is 5.82 Å². The Hall–Kier alpha value is -3.47. The molecule has 2 amide bonds. The molecule has 8 heteroatoms. The third-order valence-corrected chi connectivity index (χ3v) is 4.21. The normalized spacial score (nSPS) is 16.1. The molecule has 2 heterocycles. The SMILES string of the molecule is COC(=O)CCN1C(=O)NCC1c1ccccc1-c1ncc(C#N)cn1. The van der Waals surface area contributed by atoms with Crippen LogP contribution >= 0.6 is 0 Å². The molecule has 0 radical (unpaired) electrons. The van der Waals surface area contributed by atoms with Crippen molar-refractivity contribution in [2.75, 3.05) is 20.2 Å². The smallest absolute Gasteiger partial charge is 0.318 e. The number of carbonyl (C=O) groups is 2. The summed E-state index contributed by atoms with van der Waals surface area (Å²) < 4.78 is 4.66. The molecule has 0 aliphatic carbocycles. The molecule has 2 aromatic rings. The standard InChI is InChI=1S/C18H17N5O3/c1-26-16(24)6-7-23-15(11-22-18(23)25)13-4-2-3-5-14(13)17-20-9-12(8-19)10-21-17/h2-5,9-10,15H,6-7,11H2,1H3,(H,22,25). The number of nitrogens with one attached hydrogen (secondary N) is 1. The average Bonchev–Trinajstić information content (AvgIpc) is 3.06. The van der Waals surface area contributed by atoms with Gasteiger partial charge >= 0.3 is 12.0 Å². The molecule has 1 fully saturated rings. The molecule has 1 unspecified atom stereocenters. The number of esters is 1. The Morgan fingerprint density at radius 2 is 2.12 bits per heavy atom. The van der Waals surface area contributed by atoms with Gasteiger partial charge in [0, 0.05) is 31.0 Å². The molecular weight excluding hydrogens is 334 g/mol. The number of nitriles is 1. The van der Waals surface area contributed by atoms with Gasteiger partial charge in [0.1, 0.15) is 6.07 Å². The molecule has 1 N–H and O–H groups in total. The van der Waals surface area contributed by atoms with Crippen LogP contribution in [0, 0.1) is 11.3 Å². The van der Waals surface area contributed by atoms with Gasteiger partial charge in [-0.05, 0) is 5.56 Å². The van der Waals surface area contributed by atoms with Crippen LogP contribution in [0.1, 0.15) is 23.6 Å². The van der Waals surface area contributed by atoms with Gasteiger partial charge in [-0.25, -0.2) is 14.8 Å². The van der Waals surface area contributed by atoms with Gasteiger partial charge in [-0.1, -0.05) is 24.3 Å². The molecule has 0 saturated carbocycles. The van der Waals surface area contributed by atoms with Gasteiger partial charge in [0.2, 0.25) is 0 Å². The molecule has 3 rings (SSSR count). The van der Waals surface area contributed by atoms with Crippen molar-refractivity contribution in [3.8, 4) is 17.5 Å². The highest BCUT2D eigenvalue weighted by atomic mass is 16.5. The van der Waals surface area contributed by atoms with Crippen molar-refractivity contribution in [1.82, 2.24) is 20.2 Å². The number of aromatic nitrogens is 2. The van der Waals surface area contributed by atoms with Crippen LogP contribution in [0.15, 0.2) is 36.7 Å². The first-order chi connectivity index (χ1) is 12.6. The summed E-state index contributed by atoms with van der Waals surface area (Å²) in [6, 6.07) is 9.04. The van der Waals surface area contributed by atoms with Crippen LogP contribution in [-0.2, 0) is 9.53 Å². The van der Waals surface area contributed by atoms with E-state index in [4.69, 9.17) is 5.26 Å². The van der Waals surface area contributed by atoms with Crippen molar-refractivity contribution in [3.05, 3.63) is 47.8 Å². The lowest BCUT2D eigenvalue weighted by Crippen LogP contribution is -2.32. The Kier molecular flexibility index (Phi) is 5.08. The summed E-state index contributed by atoms with van der Waals surface area (Å²) in [6.07, 6.45) is 3.05. The Bertz CT molecular complexity index is 860. The summed E-state index contributed by atoms with van der Waals surface area (Å²) >= 11 is 0. The fourth-order valence-corrected chi connectivity index (χ4v) is 2.90. The lowest BCUT2D eigenvalue weighted by Gasteiger charge is -2.24. The number of methoxy groups -OCH3 is 1. The number of hydrogen-bond donors (Lipinski definition) is 1. The van der Waals surface area contributed by atoms with E-state index in [-0.39, 0.29) is 31.0 Å². The number of benzene rings is 1. The minimum atomic E-state index is -0.368. The molecular formula is C18H17N5O3. The number of rotatable bonds is 5. The number of urea groups is 1. The zero-order valence-corrected chi connectivity index (χ0v) is 14.2. The van der Waals surface area contributed by atoms with Crippen LogP contribution in [0.4, 0.5) is 4.79 Å². The first-order valence-corrected chi connectivity index (χ1v) is 8.06. The fraction of sp³-hybridized carbons (Fsp3) is 0.278. The summed E-state index contributed by atoms with van der Waals surface area (Å²) in [7, 11) is 1.32. The van der Waals surface area contributed by atoms with E-state index in [2.05, 4.69) is 20.0 Å². The zero-order valence-electron chi connectivity index (χ0n) is 14.2. The third kappa shape index (κ3) is 3.47. The molecule has 1 aromatic heterocycles. The second kappa shape index (κ2) is 7.61. The molecule has 1 aromatic carbocycles. The van der Waals surface area contributed by atoms with Gasteiger partial charge < -0.3 is 15.0 Å². The predicted octanol–water partition coefficient (Wildman–Crippen LogP) is 1.64. The van der Waals surface area contributed by atoms with Gasteiger partial charge in [0.25, 0.3) is 0 Å². The summed E-state index contributed by atoms with van der Waals surface area (Å²) in [4.78, 5) is 33.7. The van der Waals surface area contributed by atoms with Gasteiger partial charge in [0.05, 0.1) is 25.1 Å². The fourth-order valence-electron chi connectivity index (χ4n) is 2.90.